The molecule has 92 valence electrons. The van der Waals surface area contributed by atoms with Gasteiger partial charge in [-0.05, 0) is 6.42 Å². The van der Waals surface area contributed by atoms with Gasteiger partial charge in [0.25, 0.3) is 0 Å². The third-order valence-corrected chi connectivity index (χ3v) is 2.45. The molecule has 1 atom stereocenters. The van der Waals surface area contributed by atoms with Crippen molar-refractivity contribution in [2.75, 3.05) is 13.2 Å². The molecule has 0 saturated heterocycles. The third-order valence-electron chi connectivity index (χ3n) is 2.45. The smallest absolute Gasteiger partial charge is 0.243 e. The van der Waals surface area contributed by atoms with Crippen LogP contribution in [0.1, 0.15) is 26.2 Å². The minimum Gasteiger partial charge on any atom is -0.387 e. The van der Waals surface area contributed by atoms with Crippen LogP contribution in [-0.2, 0) is 18.3 Å². The van der Waals surface area contributed by atoms with Crippen molar-refractivity contribution in [2.24, 2.45) is 7.05 Å². The average Bonchev–Trinajstić information content (AvgIpc) is 2.63. The molecule has 0 aliphatic rings. The summed E-state index contributed by atoms with van der Waals surface area (Å²) >= 11 is 0. The van der Waals surface area contributed by atoms with Crippen molar-refractivity contribution in [1.29, 1.82) is 0 Å². The Balaban J connectivity index is 2.09. The first kappa shape index (κ1) is 13.2. The first-order valence-corrected chi connectivity index (χ1v) is 5.99. The van der Waals surface area contributed by atoms with Gasteiger partial charge in [0.2, 0.25) is 6.33 Å². The number of hydrogen-bond acceptors (Lipinski definition) is 2. The van der Waals surface area contributed by atoms with Gasteiger partial charge >= 0.3 is 0 Å². The van der Waals surface area contributed by atoms with Gasteiger partial charge in [0.15, 0.2) is 0 Å². The largest absolute Gasteiger partial charge is 0.387 e. The fourth-order valence-corrected chi connectivity index (χ4v) is 1.58. The molecule has 0 amide bonds. The first-order valence-electron chi connectivity index (χ1n) is 5.99. The number of aliphatic hydroxyl groups excluding tert-OH is 1. The molecule has 0 bridgehead atoms. The van der Waals surface area contributed by atoms with E-state index in [1.165, 1.54) is 12.8 Å². The third kappa shape index (κ3) is 5.28. The molecule has 0 radical (unpaired) electrons. The van der Waals surface area contributed by atoms with Crippen LogP contribution >= 0.6 is 0 Å². The maximum atomic E-state index is 9.71. The highest BCUT2D eigenvalue weighted by atomic mass is 16.5. The lowest BCUT2D eigenvalue weighted by Gasteiger charge is -2.08. The Morgan fingerprint density at radius 3 is 2.88 bits per heavy atom. The van der Waals surface area contributed by atoms with Gasteiger partial charge in [-0.3, -0.25) is 0 Å². The topological polar surface area (TPSA) is 38.3 Å². The lowest BCUT2D eigenvalue weighted by atomic mass is 10.3. The van der Waals surface area contributed by atoms with Crippen LogP contribution in [0.5, 0.6) is 0 Å². The summed E-state index contributed by atoms with van der Waals surface area (Å²) in [6.07, 6.45) is 8.90. The van der Waals surface area contributed by atoms with E-state index in [2.05, 4.69) is 6.92 Å². The molecule has 1 N–H and O–H groups in total. The van der Waals surface area contributed by atoms with Gasteiger partial charge in [0.1, 0.15) is 25.0 Å². The number of ether oxygens (including phenoxy) is 1. The number of aryl methyl sites for hydroxylation is 1. The van der Waals surface area contributed by atoms with Crippen molar-refractivity contribution in [3.63, 3.8) is 0 Å². The summed E-state index contributed by atoms with van der Waals surface area (Å²) in [4.78, 5) is 0. The van der Waals surface area contributed by atoms with Crippen LogP contribution in [0.25, 0.3) is 0 Å². The molecule has 4 heteroatoms. The van der Waals surface area contributed by atoms with E-state index in [1.54, 1.807) is 0 Å². The standard InChI is InChI=1S/C12H23N2O2/c1-3-4-5-8-16-10-12(15)9-14-7-6-13(2)11-14/h6-7,11-12,15H,3-5,8-10H2,1-2H3/q+1. The van der Waals surface area contributed by atoms with Crippen LogP contribution in [0.2, 0.25) is 0 Å². The molecule has 0 aliphatic carbocycles. The molecule has 16 heavy (non-hydrogen) atoms. The van der Waals surface area contributed by atoms with E-state index in [1.807, 2.05) is 34.9 Å². The summed E-state index contributed by atoms with van der Waals surface area (Å²) < 4.78 is 9.32. The van der Waals surface area contributed by atoms with Crippen molar-refractivity contribution >= 4 is 0 Å². The average molecular weight is 227 g/mol. The van der Waals surface area contributed by atoms with E-state index in [0.29, 0.717) is 13.2 Å². The molecule has 0 aromatic carbocycles. The normalized spacial score (nSPS) is 12.9. The second kappa shape index (κ2) is 7.41. The lowest BCUT2D eigenvalue weighted by molar-refractivity contribution is -0.671. The highest BCUT2D eigenvalue weighted by Crippen LogP contribution is 1.97. The molecule has 0 aliphatic heterocycles. The summed E-state index contributed by atoms with van der Waals surface area (Å²) in [6, 6.07) is 0. The van der Waals surface area contributed by atoms with Crippen LogP contribution in [0, 0.1) is 0 Å². The predicted molar refractivity (Wildman–Crippen MR) is 62.0 cm³/mol. The number of imidazole rings is 1. The van der Waals surface area contributed by atoms with Gasteiger partial charge in [-0.25, -0.2) is 9.13 Å². The maximum Gasteiger partial charge on any atom is 0.243 e. The Kier molecular flexibility index (Phi) is 6.11. The predicted octanol–water partition coefficient (Wildman–Crippen LogP) is 0.880. The Morgan fingerprint density at radius 2 is 2.25 bits per heavy atom. The summed E-state index contributed by atoms with van der Waals surface area (Å²) in [7, 11) is 1.96. The molecule has 1 unspecified atom stereocenters. The molecule has 1 aromatic heterocycles. The summed E-state index contributed by atoms with van der Waals surface area (Å²) in [5.41, 5.74) is 0. The van der Waals surface area contributed by atoms with Crippen LogP contribution in [-0.4, -0.2) is 29.0 Å². The molecule has 4 nitrogen and oxygen atoms in total. The number of aromatic nitrogens is 2. The first-order chi connectivity index (χ1) is 7.72. The zero-order valence-corrected chi connectivity index (χ0v) is 10.3. The van der Waals surface area contributed by atoms with Crippen LogP contribution in [0.4, 0.5) is 0 Å². The Bertz CT molecular complexity index is 286. The van der Waals surface area contributed by atoms with E-state index < -0.39 is 6.10 Å². The highest BCUT2D eigenvalue weighted by Gasteiger charge is 2.09. The van der Waals surface area contributed by atoms with E-state index in [4.69, 9.17) is 4.74 Å². The zero-order chi connectivity index (χ0) is 11.8. The summed E-state index contributed by atoms with van der Waals surface area (Å²) in [5.74, 6) is 0. The summed E-state index contributed by atoms with van der Waals surface area (Å²) in [6.45, 7) is 3.94. The molecular weight excluding hydrogens is 204 g/mol. The van der Waals surface area contributed by atoms with Gasteiger partial charge < -0.3 is 9.84 Å². The van der Waals surface area contributed by atoms with E-state index >= 15 is 0 Å². The van der Waals surface area contributed by atoms with Gasteiger partial charge in [0, 0.05) is 6.61 Å². The Labute approximate surface area is 97.5 Å². The summed E-state index contributed by atoms with van der Waals surface area (Å²) in [5, 5.41) is 9.71. The minimum atomic E-state index is -0.422. The van der Waals surface area contributed by atoms with Crippen molar-refractivity contribution < 1.29 is 14.4 Å². The number of aliphatic hydroxyl groups is 1. The van der Waals surface area contributed by atoms with Gasteiger partial charge in [-0.1, -0.05) is 19.8 Å². The SMILES string of the molecule is CCCCCOCC(O)Cn1cc[n+](C)c1. The number of rotatable bonds is 8. The fraction of sp³-hybridized carbons (Fsp3) is 0.750. The van der Waals surface area contributed by atoms with E-state index in [0.717, 1.165) is 13.0 Å². The quantitative estimate of drug-likeness (QED) is 0.529. The highest BCUT2D eigenvalue weighted by molar-refractivity contribution is 4.68. The van der Waals surface area contributed by atoms with Crippen molar-refractivity contribution in [1.82, 2.24) is 4.57 Å². The van der Waals surface area contributed by atoms with Crippen LogP contribution in [0.15, 0.2) is 18.7 Å². The van der Waals surface area contributed by atoms with Crippen molar-refractivity contribution in [3.8, 4) is 0 Å². The van der Waals surface area contributed by atoms with Gasteiger partial charge in [-0.15, -0.1) is 0 Å². The van der Waals surface area contributed by atoms with Crippen molar-refractivity contribution in [3.05, 3.63) is 18.7 Å². The maximum absolute atomic E-state index is 9.71. The van der Waals surface area contributed by atoms with Crippen LogP contribution < -0.4 is 4.57 Å². The Morgan fingerprint density at radius 1 is 1.44 bits per heavy atom. The van der Waals surface area contributed by atoms with Crippen molar-refractivity contribution in [2.45, 2.75) is 38.8 Å². The molecule has 0 fully saturated rings. The number of hydrogen-bond donors (Lipinski definition) is 1. The molecule has 1 aromatic rings. The second-order valence-corrected chi connectivity index (χ2v) is 4.21. The molecule has 0 saturated carbocycles. The number of unbranched alkanes of at least 4 members (excludes halogenated alkanes) is 2. The van der Waals surface area contributed by atoms with Gasteiger partial charge in [0.05, 0.1) is 13.7 Å². The zero-order valence-electron chi connectivity index (χ0n) is 10.3. The molecule has 0 spiro atoms. The second-order valence-electron chi connectivity index (χ2n) is 4.21. The fourth-order valence-electron chi connectivity index (χ4n) is 1.58. The van der Waals surface area contributed by atoms with Crippen LogP contribution in [0.3, 0.4) is 0 Å². The van der Waals surface area contributed by atoms with Gasteiger partial charge in [-0.2, -0.15) is 0 Å². The monoisotopic (exact) mass is 227 g/mol. The van der Waals surface area contributed by atoms with E-state index in [9.17, 15) is 5.11 Å². The lowest BCUT2D eigenvalue weighted by Crippen LogP contribution is -2.26. The molecular formula is C12H23N2O2+. The molecule has 1 rings (SSSR count). The Hall–Kier alpha value is -0.870. The van der Waals surface area contributed by atoms with E-state index in [-0.39, 0.29) is 0 Å². The minimum absolute atomic E-state index is 0.422. The number of nitrogens with zero attached hydrogens (tertiary/aromatic N) is 2. The molecule has 1 heterocycles.